The molecule has 0 fully saturated rings. The maximum atomic E-state index is 5.49. The Bertz CT molecular complexity index is 850. The minimum Gasteiger partial charge on any atom is -0.494 e. The van der Waals surface area contributed by atoms with Crippen molar-refractivity contribution in [2.75, 3.05) is 19.9 Å². The number of rotatable bonds is 6. The van der Waals surface area contributed by atoms with Crippen LogP contribution in [-0.4, -0.2) is 44.5 Å². The van der Waals surface area contributed by atoms with Crippen molar-refractivity contribution in [2.45, 2.75) is 25.0 Å². The second-order valence-electron chi connectivity index (χ2n) is 5.25. The second kappa shape index (κ2) is 7.14. The number of hydrogen-bond acceptors (Lipinski definition) is 7. The van der Waals surface area contributed by atoms with E-state index >= 15 is 0 Å². The van der Waals surface area contributed by atoms with E-state index in [1.807, 2.05) is 18.4 Å². The maximum Gasteiger partial charge on any atom is 0.191 e. The van der Waals surface area contributed by atoms with Crippen LogP contribution in [0.4, 0.5) is 0 Å². The molecule has 0 spiro atoms. The fourth-order valence-corrected chi connectivity index (χ4v) is 3.04. The molecule has 0 saturated carbocycles. The van der Waals surface area contributed by atoms with Crippen molar-refractivity contribution in [3.8, 4) is 17.0 Å². The van der Waals surface area contributed by atoms with Gasteiger partial charge in [-0.1, -0.05) is 18.7 Å². The van der Waals surface area contributed by atoms with Gasteiger partial charge in [0.15, 0.2) is 10.8 Å². The Balaban J connectivity index is 2.14. The van der Waals surface area contributed by atoms with Gasteiger partial charge in [0, 0.05) is 17.7 Å². The molecule has 3 heterocycles. The van der Waals surface area contributed by atoms with Gasteiger partial charge in [0.25, 0.3) is 0 Å². The highest BCUT2D eigenvalue weighted by Crippen LogP contribution is 2.31. The number of nitrogens with one attached hydrogen (secondary N) is 1. The number of ether oxygens (including phenoxy) is 1. The summed E-state index contributed by atoms with van der Waals surface area (Å²) in [6, 6.07) is 4.08. The molecule has 1 N–H and O–H groups in total. The van der Waals surface area contributed by atoms with E-state index in [-0.39, 0.29) is 6.04 Å². The lowest BCUT2D eigenvalue weighted by molar-refractivity contribution is 0.413. The molecule has 0 aliphatic carbocycles. The van der Waals surface area contributed by atoms with Crippen LogP contribution in [0.3, 0.4) is 0 Å². The first-order valence-corrected chi connectivity index (χ1v) is 8.92. The predicted molar refractivity (Wildman–Crippen MR) is 94.4 cm³/mol. The largest absolute Gasteiger partial charge is 0.494 e. The molecule has 0 aliphatic rings. The van der Waals surface area contributed by atoms with Crippen molar-refractivity contribution in [2.24, 2.45) is 0 Å². The van der Waals surface area contributed by atoms with Gasteiger partial charge in [0.2, 0.25) is 0 Å². The van der Waals surface area contributed by atoms with Crippen LogP contribution >= 0.6 is 11.8 Å². The average molecular weight is 344 g/mol. The summed E-state index contributed by atoms with van der Waals surface area (Å²) < 4.78 is 7.22. The van der Waals surface area contributed by atoms with Crippen LogP contribution in [0.15, 0.2) is 29.8 Å². The number of hydrogen-bond donors (Lipinski definition) is 1. The van der Waals surface area contributed by atoms with Crippen LogP contribution in [0.25, 0.3) is 16.9 Å². The molecule has 126 valence electrons. The van der Waals surface area contributed by atoms with Gasteiger partial charge in [-0.15, -0.1) is 0 Å². The molecule has 0 aliphatic heterocycles. The molecular weight excluding hydrogens is 324 g/mol. The van der Waals surface area contributed by atoms with Gasteiger partial charge in [-0.2, -0.15) is 9.61 Å². The Morgan fingerprint density at radius 1 is 1.33 bits per heavy atom. The fourth-order valence-electron chi connectivity index (χ4n) is 2.54. The van der Waals surface area contributed by atoms with E-state index in [0.29, 0.717) is 5.75 Å². The Morgan fingerprint density at radius 2 is 2.17 bits per heavy atom. The molecular formula is C16H20N6OS. The van der Waals surface area contributed by atoms with E-state index in [0.717, 1.165) is 34.3 Å². The first kappa shape index (κ1) is 16.7. The van der Waals surface area contributed by atoms with E-state index < -0.39 is 0 Å². The van der Waals surface area contributed by atoms with Crippen LogP contribution in [0, 0.1) is 0 Å². The number of nitrogens with zero attached hydrogens (tertiary/aromatic N) is 5. The first-order chi connectivity index (χ1) is 11.7. The first-order valence-electron chi connectivity index (χ1n) is 7.70. The third-order valence-electron chi connectivity index (χ3n) is 3.76. The minimum absolute atomic E-state index is 0.150. The molecule has 1 atom stereocenters. The average Bonchev–Trinajstić information content (AvgIpc) is 3.09. The summed E-state index contributed by atoms with van der Waals surface area (Å²) in [6.07, 6.45) is 5.24. The lowest BCUT2D eigenvalue weighted by Crippen LogP contribution is -2.18. The smallest absolute Gasteiger partial charge is 0.191 e. The molecule has 24 heavy (non-hydrogen) atoms. The molecule has 0 saturated heterocycles. The van der Waals surface area contributed by atoms with Gasteiger partial charge >= 0.3 is 0 Å². The quantitative estimate of drug-likeness (QED) is 0.544. The molecule has 7 nitrogen and oxygen atoms in total. The highest BCUT2D eigenvalue weighted by atomic mass is 32.2. The fraction of sp³-hybridized carbons (Fsp3) is 0.375. The summed E-state index contributed by atoms with van der Waals surface area (Å²) in [6.45, 7) is 5.04. The van der Waals surface area contributed by atoms with Crippen LogP contribution in [0.2, 0.25) is 0 Å². The third-order valence-corrected chi connectivity index (χ3v) is 4.39. The predicted octanol–water partition coefficient (Wildman–Crippen LogP) is 2.59. The number of aromatic nitrogens is 5. The van der Waals surface area contributed by atoms with Crippen molar-refractivity contribution in [1.29, 1.82) is 0 Å². The molecule has 3 aromatic rings. The summed E-state index contributed by atoms with van der Waals surface area (Å²) in [5.74, 6) is 0.686. The minimum atomic E-state index is 0.150. The van der Waals surface area contributed by atoms with E-state index in [1.54, 1.807) is 17.8 Å². The molecule has 0 amide bonds. The van der Waals surface area contributed by atoms with Crippen molar-refractivity contribution >= 4 is 17.4 Å². The number of thioether (sulfide) groups is 1. The Kier molecular flexibility index (Phi) is 4.96. The number of methoxy groups -OCH3 is 1. The Hall–Kier alpha value is -2.19. The summed E-state index contributed by atoms with van der Waals surface area (Å²) >= 11 is 1.52. The van der Waals surface area contributed by atoms with Crippen LogP contribution in [0.1, 0.15) is 25.6 Å². The monoisotopic (exact) mass is 344 g/mol. The van der Waals surface area contributed by atoms with Gasteiger partial charge in [0.1, 0.15) is 12.1 Å². The van der Waals surface area contributed by atoms with Gasteiger partial charge in [-0.25, -0.2) is 9.97 Å². The molecule has 0 aromatic carbocycles. The van der Waals surface area contributed by atoms with E-state index in [1.165, 1.54) is 18.1 Å². The molecule has 0 bridgehead atoms. The number of fused-ring (bicyclic) bond motifs is 1. The second-order valence-corrected chi connectivity index (χ2v) is 6.02. The highest BCUT2D eigenvalue weighted by Gasteiger charge is 2.16. The van der Waals surface area contributed by atoms with Crippen LogP contribution < -0.4 is 10.1 Å². The zero-order chi connectivity index (χ0) is 17.1. The van der Waals surface area contributed by atoms with Gasteiger partial charge in [-0.3, -0.25) is 4.98 Å². The Labute approximate surface area is 144 Å². The highest BCUT2D eigenvalue weighted by molar-refractivity contribution is 7.98. The van der Waals surface area contributed by atoms with E-state index in [2.05, 4.69) is 34.2 Å². The molecule has 8 heteroatoms. The molecule has 3 aromatic heterocycles. The zero-order valence-corrected chi connectivity index (χ0v) is 15.0. The third kappa shape index (κ3) is 3.07. The number of pyridine rings is 1. The maximum absolute atomic E-state index is 5.49. The lowest BCUT2D eigenvalue weighted by atomic mass is 10.1. The normalized spacial score (nSPS) is 12.5. The van der Waals surface area contributed by atoms with Gasteiger partial charge in [-0.05, 0) is 25.8 Å². The standard InChI is InChI=1S/C16H20N6OS/c1-5-17-10(2)12-6-11(14(23-3)8-18-12)13-7-15-19-9-20-22(15)16(21-13)24-4/h6-10,17H,5H2,1-4H3/t10-/m1/s1. The molecule has 0 unspecified atom stereocenters. The van der Waals surface area contributed by atoms with Crippen LogP contribution in [-0.2, 0) is 0 Å². The lowest BCUT2D eigenvalue weighted by Gasteiger charge is -2.15. The summed E-state index contributed by atoms with van der Waals surface area (Å²) in [5.41, 5.74) is 3.39. The molecule has 0 radical (unpaired) electrons. The van der Waals surface area contributed by atoms with Gasteiger partial charge in [0.05, 0.1) is 24.7 Å². The Morgan fingerprint density at radius 3 is 2.88 bits per heavy atom. The summed E-state index contributed by atoms with van der Waals surface area (Å²) in [7, 11) is 1.64. The topological polar surface area (TPSA) is 77.2 Å². The SMILES string of the molecule is CCN[C@H](C)c1cc(-c2cc3ncnn3c(SC)n2)c(OC)cn1. The van der Waals surface area contributed by atoms with Crippen molar-refractivity contribution < 1.29 is 4.74 Å². The van der Waals surface area contributed by atoms with Gasteiger partial charge < -0.3 is 10.1 Å². The summed E-state index contributed by atoms with van der Waals surface area (Å²) in [4.78, 5) is 13.5. The van der Waals surface area contributed by atoms with E-state index in [4.69, 9.17) is 9.72 Å². The molecule has 3 rings (SSSR count). The van der Waals surface area contributed by atoms with Crippen molar-refractivity contribution in [1.82, 2.24) is 29.9 Å². The zero-order valence-electron chi connectivity index (χ0n) is 14.1. The van der Waals surface area contributed by atoms with Crippen LogP contribution in [0.5, 0.6) is 5.75 Å². The summed E-state index contributed by atoms with van der Waals surface area (Å²) in [5, 5.41) is 8.36. The van der Waals surface area contributed by atoms with Crippen molar-refractivity contribution in [3.05, 3.63) is 30.4 Å². The van der Waals surface area contributed by atoms with Crippen molar-refractivity contribution in [3.63, 3.8) is 0 Å². The van der Waals surface area contributed by atoms with E-state index in [9.17, 15) is 0 Å².